The van der Waals surface area contributed by atoms with Crippen LogP contribution in [0.4, 0.5) is 5.69 Å². The van der Waals surface area contributed by atoms with Crippen molar-refractivity contribution in [2.24, 2.45) is 0 Å². The van der Waals surface area contributed by atoms with Gasteiger partial charge in [-0.2, -0.15) is 0 Å². The number of nitrogens with zero attached hydrogens (tertiary/aromatic N) is 2. The molecule has 2 rings (SSSR count). The Labute approximate surface area is 146 Å². The number of hydrogen-bond acceptors (Lipinski definition) is 5. The molecular weight excluding hydrogens is 324 g/mol. The molecule has 1 aromatic rings. The van der Waals surface area contributed by atoms with E-state index in [2.05, 4.69) is 0 Å². The summed E-state index contributed by atoms with van der Waals surface area (Å²) in [4.78, 5) is 36.3. The fraction of sp³-hybridized carbons (Fsp3) is 0.556. The highest BCUT2D eigenvalue weighted by Gasteiger charge is 2.32. The fourth-order valence-corrected chi connectivity index (χ4v) is 3.49. The second kappa shape index (κ2) is 8.71. The molecule has 7 nitrogen and oxygen atoms in total. The summed E-state index contributed by atoms with van der Waals surface area (Å²) in [6.45, 7) is 2.48. The molecule has 0 spiro atoms. The van der Waals surface area contributed by atoms with E-state index in [1.807, 2.05) is 6.92 Å². The molecule has 1 saturated carbocycles. The summed E-state index contributed by atoms with van der Waals surface area (Å²) in [5, 5.41) is 21.6. The monoisotopic (exact) mass is 348 g/mol. The van der Waals surface area contributed by atoms with Gasteiger partial charge < -0.3 is 10.0 Å². The first-order chi connectivity index (χ1) is 12.0. The van der Waals surface area contributed by atoms with E-state index >= 15 is 0 Å². The van der Waals surface area contributed by atoms with Crippen LogP contribution < -0.4 is 0 Å². The second-order valence-electron chi connectivity index (χ2n) is 6.38. The van der Waals surface area contributed by atoms with Gasteiger partial charge in [0.2, 0.25) is 0 Å². The molecule has 7 heteroatoms. The first kappa shape index (κ1) is 19.1. The largest absolute Gasteiger partial charge is 0.378 e. The number of carbonyl (C=O) groups is 2. The minimum Gasteiger partial charge on any atom is -0.378 e. The van der Waals surface area contributed by atoms with Crippen molar-refractivity contribution in [1.82, 2.24) is 4.90 Å². The summed E-state index contributed by atoms with van der Waals surface area (Å²) in [5.41, 5.74) is -0.654. The number of hydrogen-bond donors (Lipinski definition) is 1. The molecule has 1 aliphatic carbocycles. The number of nitro groups is 1. The lowest BCUT2D eigenvalue weighted by molar-refractivity contribution is -0.385. The average molecular weight is 348 g/mol. The van der Waals surface area contributed by atoms with Gasteiger partial charge in [-0.15, -0.1) is 0 Å². The maximum atomic E-state index is 12.9. The topological polar surface area (TPSA) is 101 Å². The summed E-state index contributed by atoms with van der Waals surface area (Å²) in [7, 11) is 0. The standard InChI is InChI=1S/C18H24N2O5/c1-2-11-19(13-7-4-3-5-8-13)18(23)17(22)14-9-6-10-16(20(24)25)15(14)12-21/h6,9-10,12-13,17,22H,2-5,7-8,11H2,1H3. The van der Waals surface area contributed by atoms with Gasteiger partial charge >= 0.3 is 0 Å². The highest BCUT2D eigenvalue weighted by atomic mass is 16.6. The Morgan fingerprint density at radius 1 is 1.40 bits per heavy atom. The third kappa shape index (κ3) is 4.22. The van der Waals surface area contributed by atoms with Gasteiger partial charge in [-0.05, 0) is 19.3 Å². The summed E-state index contributed by atoms with van der Waals surface area (Å²) in [5.74, 6) is -0.489. The summed E-state index contributed by atoms with van der Waals surface area (Å²) in [6.07, 6.45) is 4.54. The van der Waals surface area contributed by atoms with Crippen molar-refractivity contribution in [3.05, 3.63) is 39.4 Å². The molecule has 1 fully saturated rings. The zero-order chi connectivity index (χ0) is 18.4. The molecule has 0 bridgehead atoms. The quantitative estimate of drug-likeness (QED) is 0.464. The highest BCUT2D eigenvalue weighted by molar-refractivity contribution is 5.89. The van der Waals surface area contributed by atoms with Crippen LogP contribution in [0.25, 0.3) is 0 Å². The first-order valence-corrected chi connectivity index (χ1v) is 8.72. The fourth-order valence-electron chi connectivity index (χ4n) is 3.49. The molecule has 0 aliphatic heterocycles. The van der Waals surface area contributed by atoms with Crippen LogP contribution >= 0.6 is 0 Å². The van der Waals surface area contributed by atoms with Crippen LogP contribution in [0.1, 0.15) is 67.5 Å². The molecule has 0 heterocycles. The predicted molar refractivity (Wildman–Crippen MR) is 92.3 cm³/mol. The predicted octanol–water partition coefficient (Wildman–Crippen LogP) is 3.01. The van der Waals surface area contributed by atoms with Gasteiger partial charge in [-0.25, -0.2) is 0 Å². The lowest BCUT2D eigenvalue weighted by atomic mass is 9.92. The van der Waals surface area contributed by atoms with Crippen LogP contribution in [-0.2, 0) is 4.79 Å². The van der Waals surface area contributed by atoms with Gasteiger partial charge in [0, 0.05) is 24.2 Å². The maximum absolute atomic E-state index is 12.9. The van der Waals surface area contributed by atoms with E-state index in [0.29, 0.717) is 12.8 Å². The summed E-state index contributed by atoms with van der Waals surface area (Å²) < 4.78 is 0. The number of rotatable bonds is 7. The highest BCUT2D eigenvalue weighted by Crippen LogP contribution is 2.29. The molecule has 0 radical (unpaired) electrons. The van der Waals surface area contributed by atoms with Crippen LogP contribution in [0.2, 0.25) is 0 Å². The van der Waals surface area contributed by atoms with E-state index in [-0.39, 0.29) is 17.2 Å². The van der Waals surface area contributed by atoms with Crippen molar-refractivity contribution in [2.45, 2.75) is 57.6 Å². The molecule has 136 valence electrons. The summed E-state index contributed by atoms with van der Waals surface area (Å²) in [6, 6.07) is 4.04. The molecule has 1 N–H and O–H groups in total. The van der Waals surface area contributed by atoms with Crippen molar-refractivity contribution in [3.63, 3.8) is 0 Å². The number of nitro benzene ring substituents is 1. The molecule has 0 saturated heterocycles. The number of carbonyl (C=O) groups excluding carboxylic acids is 2. The van der Waals surface area contributed by atoms with Crippen LogP contribution in [0.15, 0.2) is 18.2 Å². The van der Waals surface area contributed by atoms with Crippen LogP contribution in [0.3, 0.4) is 0 Å². The minimum atomic E-state index is -1.58. The molecule has 1 aliphatic rings. The molecule has 1 unspecified atom stereocenters. The first-order valence-electron chi connectivity index (χ1n) is 8.72. The molecule has 1 aromatic carbocycles. The van der Waals surface area contributed by atoms with Gasteiger partial charge in [0.15, 0.2) is 12.4 Å². The smallest absolute Gasteiger partial charge is 0.280 e. The molecule has 1 amide bonds. The Bertz CT molecular complexity index is 640. The summed E-state index contributed by atoms with van der Waals surface area (Å²) >= 11 is 0. The van der Waals surface area contributed by atoms with E-state index in [4.69, 9.17) is 0 Å². The van der Waals surface area contributed by atoms with Crippen molar-refractivity contribution in [2.75, 3.05) is 6.54 Å². The number of benzene rings is 1. The number of aldehydes is 1. The van der Waals surface area contributed by atoms with Gasteiger partial charge in [-0.3, -0.25) is 19.7 Å². The van der Waals surface area contributed by atoms with Crippen molar-refractivity contribution in [1.29, 1.82) is 0 Å². The van der Waals surface area contributed by atoms with Crippen molar-refractivity contribution >= 4 is 17.9 Å². The third-order valence-electron chi connectivity index (χ3n) is 4.72. The SMILES string of the molecule is CCCN(C(=O)C(O)c1cccc([N+](=O)[O-])c1C=O)C1CCCCC1. The molecule has 0 aromatic heterocycles. The van der Waals surface area contributed by atoms with E-state index in [0.717, 1.165) is 38.5 Å². The Morgan fingerprint density at radius 3 is 2.64 bits per heavy atom. The zero-order valence-electron chi connectivity index (χ0n) is 14.4. The van der Waals surface area contributed by atoms with Crippen molar-refractivity contribution in [3.8, 4) is 0 Å². The molecular formula is C18H24N2O5. The van der Waals surface area contributed by atoms with E-state index in [1.54, 1.807) is 4.90 Å². The van der Waals surface area contributed by atoms with Crippen LogP contribution in [0.5, 0.6) is 0 Å². The molecule has 25 heavy (non-hydrogen) atoms. The average Bonchev–Trinajstić information content (AvgIpc) is 2.64. The van der Waals surface area contributed by atoms with Gasteiger partial charge in [-0.1, -0.05) is 38.3 Å². The van der Waals surface area contributed by atoms with Crippen LogP contribution in [0, 0.1) is 10.1 Å². The lowest BCUT2D eigenvalue weighted by Gasteiger charge is -2.35. The van der Waals surface area contributed by atoms with Gasteiger partial charge in [0.25, 0.3) is 11.6 Å². The normalized spacial score (nSPS) is 16.2. The molecule has 1 atom stereocenters. The Balaban J connectivity index is 2.32. The Kier molecular flexibility index (Phi) is 6.64. The lowest BCUT2D eigenvalue weighted by Crippen LogP contribution is -2.44. The van der Waals surface area contributed by atoms with E-state index < -0.39 is 22.6 Å². The van der Waals surface area contributed by atoms with E-state index in [9.17, 15) is 24.8 Å². The van der Waals surface area contributed by atoms with Gasteiger partial charge in [0.05, 0.1) is 10.5 Å². The van der Waals surface area contributed by atoms with E-state index in [1.165, 1.54) is 18.2 Å². The Hall–Kier alpha value is -2.28. The van der Waals surface area contributed by atoms with Crippen molar-refractivity contribution < 1.29 is 19.6 Å². The maximum Gasteiger partial charge on any atom is 0.280 e. The minimum absolute atomic E-state index is 0.00823. The van der Waals surface area contributed by atoms with Gasteiger partial charge in [0.1, 0.15) is 0 Å². The zero-order valence-corrected chi connectivity index (χ0v) is 14.4. The number of aliphatic hydroxyl groups is 1. The second-order valence-corrected chi connectivity index (χ2v) is 6.38. The van der Waals surface area contributed by atoms with Crippen LogP contribution in [-0.4, -0.2) is 39.7 Å². The Morgan fingerprint density at radius 2 is 2.08 bits per heavy atom. The number of amides is 1. The number of aliphatic hydroxyl groups excluding tert-OH is 1. The third-order valence-corrected chi connectivity index (χ3v) is 4.72.